The van der Waals surface area contributed by atoms with Gasteiger partial charge in [-0.3, -0.25) is 0 Å². The van der Waals surface area contributed by atoms with Crippen molar-refractivity contribution >= 4 is 23.6 Å². The number of carbonyl (C=O) groups is 2. The summed E-state index contributed by atoms with van der Waals surface area (Å²) >= 11 is 0. The first-order chi connectivity index (χ1) is 10.4. The Morgan fingerprint density at radius 3 is 1.91 bits per heavy atom. The molecule has 0 unspecified atom stereocenters. The van der Waals surface area contributed by atoms with E-state index < -0.39 is 5.97 Å². The summed E-state index contributed by atoms with van der Waals surface area (Å²) in [5.74, 6) is -0.648. The van der Waals surface area contributed by atoms with Gasteiger partial charge in [-0.1, -0.05) is 0 Å². The fourth-order valence-corrected chi connectivity index (χ4v) is 1.27. The topological polar surface area (TPSA) is 141 Å². The third-order valence-corrected chi connectivity index (χ3v) is 2.33. The number of rotatable bonds is 3. The van der Waals surface area contributed by atoms with Crippen LogP contribution in [0.3, 0.4) is 0 Å². The zero-order valence-electron chi connectivity index (χ0n) is 11.9. The van der Waals surface area contributed by atoms with Gasteiger partial charge in [0.15, 0.2) is 0 Å². The van der Waals surface area contributed by atoms with Crippen LogP contribution in [0.4, 0.5) is 11.6 Å². The van der Waals surface area contributed by atoms with Crippen LogP contribution in [0.2, 0.25) is 0 Å². The normalized spacial score (nSPS) is 9.32. The van der Waals surface area contributed by atoms with Gasteiger partial charge in [0.05, 0.1) is 17.7 Å². The molecule has 0 aliphatic heterocycles. The van der Waals surface area contributed by atoms with Gasteiger partial charge >= 0.3 is 11.9 Å². The molecule has 2 aromatic rings. The number of ether oxygens (including phenoxy) is 1. The third-order valence-electron chi connectivity index (χ3n) is 2.33. The molecule has 8 nitrogen and oxygen atoms in total. The molecule has 0 aliphatic rings. The molecule has 2 rings (SSSR count). The summed E-state index contributed by atoms with van der Waals surface area (Å²) in [5, 5.41) is 8.39. The number of nitrogens with two attached hydrogens (primary N) is 2. The third kappa shape index (κ3) is 5.45. The molecule has 0 aromatic carbocycles. The Morgan fingerprint density at radius 1 is 1.05 bits per heavy atom. The van der Waals surface area contributed by atoms with E-state index in [1.807, 2.05) is 0 Å². The minimum absolute atomic E-state index is 0.147. The predicted octanol–water partition coefficient (Wildman–Crippen LogP) is 1.20. The molecule has 0 radical (unpaired) electrons. The van der Waals surface area contributed by atoms with E-state index in [0.717, 1.165) is 0 Å². The number of carboxylic acids is 1. The van der Waals surface area contributed by atoms with Crippen LogP contribution < -0.4 is 11.5 Å². The maximum absolute atomic E-state index is 11.1. The number of carboxylic acid groups (broad SMARTS) is 1. The van der Waals surface area contributed by atoms with Crippen molar-refractivity contribution in [2.24, 2.45) is 0 Å². The first-order valence-electron chi connectivity index (χ1n) is 6.27. The van der Waals surface area contributed by atoms with E-state index >= 15 is 0 Å². The summed E-state index contributed by atoms with van der Waals surface area (Å²) in [6.07, 6.45) is 2.62. The number of esters is 1. The first-order valence-corrected chi connectivity index (χ1v) is 6.27. The van der Waals surface area contributed by atoms with Crippen LogP contribution in [-0.4, -0.2) is 33.6 Å². The van der Waals surface area contributed by atoms with Crippen LogP contribution >= 0.6 is 0 Å². The van der Waals surface area contributed by atoms with Crippen LogP contribution in [0.15, 0.2) is 36.7 Å². The number of aromatic nitrogens is 2. The SMILES string of the molecule is CCOC(=O)c1ccc(N)nc1.Nc1ccc(C(=O)O)cn1. The number of hydrogen-bond acceptors (Lipinski definition) is 7. The number of aromatic carboxylic acids is 1. The minimum Gasteiger partial charge on any atom is -0.478 e. The number of anilines is 2. The van der Waals surface area contributed by atoms with Crippen LogP contribution in [0.1, 0.15) is 27.6 Å². The lowest BCUT2D eigenvalue weighted by Gasteiger charge is -2.00. The van der Waals surface area contributed by atoms with Gasteiger partial charge in [0, 0.05) is 12.4 Å². The Kier molecular flexibility index (Phi) is 6.30. The Hall–Kier alpha value is -3.16. The van der Waals surface area contributed by atoms with Gasteiger partial charge in [0.25, 0.3) is 0 Å². The van der Waals surface area contributed by atoms with E-state index in [0.29, 0.717) is 23.8 Å². The number of pyridine rings is 2. The molecule has 5 N–H and O–H groups in total. The average Bonchev–Trinajstić information content (AvgIpc) is 2.49. The van der Waals surface area contributed by atoms with Crippen molar-refractivity contribution in [3.63, 3.8) is 0 Å². The molecule has 2 heterocycles. The fourth-order valence-electron chi connectivity index (χ4n) is 1.27. The molecule has 22 heavy (non-hydrogen) atoms. The highest BCUT2D eigenvalue weighted by Crippen LogP contribution is 2.02. The van der Waals surface area contributed by atoms with Crippen molar-refractivity contribution in [1.82, 2.24) is 9.97 Å². The molecule has 0 atom stereocenters. The second kappa shape index (κ2) is 8.20. The lowest BCUT2D eigenvalue weighted by atomic mass is 10.3. The smallest absolute Gasteiger partial charge is 0.339 e. The average molecular weight is 304 g/mol. The Labute approximate surface area is 126 Å². The van der Waals surface area contributed by atoms with Gasteiger partial charge in [-0.2, -0.15) is 0 Å². The first kappa shape index (κ1) is 16.9. The van der Waals surface area contributed by atoms with E-state index in [-0.39, 0.29) is 11.5 Å². The summed E-state index contributed by atoms with van der Waals surface area (Å²) in [4.78, 5) is 28.6. The molecule has 0 amide bonds. The molecule has 2 aromatic heterocycles. The Bertz CT molecular complexity index is 626. The molecule has 0 saturated carbocycles. The predicted molar refractivity (Wildman–Crippen MR) is 80.2 cm³/mol. The summed E-state index contributed by atoms with van der Waals surface area (Å²) in [5.41, 5.74) is 11.1. The lowest BCUT2D eigenvalue weighted by Crippen LogP contribution is -2.05. The summed E-state index contributed by atoms with van der Waals surface area (Å²) in [7, 11) is 0. The molecule has 116 valence electrons. The maximum Gasteiger partial charge on any atom is 0.339 e. The Morgan fingerprint density at radius 2 is 1.55 bits per heavy atom. The fraction of sp³-hybridized carbons (Fsp3) is 0.143. The summed E-state index contributed by atoms with van der Waals surface area (Å²) in [6, 6.07) is 6.00. The van der Waals surface area contributed by atoms with Crippen LogP contribution in [0, 0.1) is 0 Å². The number of carbonyl (C=O) groups excluding carboxylic acids is 1. The van der Waals surface area contributed by atoms with Gasteiger partial charge in [-0.25, -0.2) is 19.6 Å². The van der Waals surface area contributed by atoms with Crippen molar-refractivity contribution in [3.8, 4) is 0 Å². The van der Waals surface area contributed by atoms with Crippen LogP contribution in [-0.2, 0) is 4.74 Å². The van der Waals surface area contributed by atoms with E-state index in [4.69, 9.17) is 21.3 Å². The number of nitrogen functional groups attached to an aromatic ring is 2. The molecule has 0 aliphatic carbocycles. The van der Waals surface area contributed by atoms with Crippen molar-refractivity contribution in [3.05, 3.63) is 47.8 Å². The largest absolute Gasteiger partial charge is 0.478 e. The van der Waals surface area contributed by atoms with Crippen LogP contribution in [0.5, 0.6) is 0 Å². The molecule has 8 heteroatoms. The molecule has 0 saturated heterocycles. The standard InChI is InChI=1S/C8H10N2O2.C6H6N2O2/c1-2-12-8(11)6-3-4-7(9)10-5-6;7-5-2-1-4(3-8-5)6(9)10/h3-5H,2H2,1H3,(H2,9,10);1-3H,(H2,7,8)(H,9,10). The highest BCUT2D eigenvalue weighted by atomic mass is 16.5. The number of nitrogens with zero attached hydrogens (tertiary/aromatic N) is 2. The van der Waals surface area contributed by atoms with Crippen molar-refractivity contribution in [1.29, 1.82) is 0 Å². The van der Waals surface area contributed by atoms with Gasteiger partial charge in [0.2, 0.25) is 0 Å². The second-order valence-electron chi connectivity index (χ2n) is 3.97. The zero-order chi connectivity index (χ0) is 16.5. The van der Waals surface area contributed by atoms with Gasteiger partial charge in [-0.05, 0) is 31.2 Å². The Balaban J connectivity index is 0.000000224. The second-order valence-corrected chi connectivity index (χ2v) is 3.97. The molecular formula is C14H16N4O4. The van der Waals surface area contributed by atoms with Crippen molar-refractivity contribution < 1.29 is 19.4 Å². The van der Waals surface area contributed by atoms with Gasteiger partial charge < -0.3 is 21.3 Å². The molecule has 0 bridgehead atoms. The van der Waals surface area contributed by atoms with E-state index in [9.17, 15) is 9.59 Å². The maximum atomic E-state index is 11.1. The van der Waals surface area contributed by atoms with Gasteiger partial charge in [-0.15, -0.1) is 0 Å². The van der Waals surface area contributed by atoms with Crippen molar-refractivity contribution in [2.45, 2.75) is 6.92 Å². The molecule has 0 spiro atoms. The lowest BCUT2D eigenvalue weighted by molar-refractivity contribution is 0.0525. The van der Waals surface area contributed by atoms with Crippen molar-refractivity contribution in [2.75, 3.05) is 18.1 Å². The van der Waals surface area contributed by atoms with E-state index in [1.54, 1.807) is 19.1 Å². The molecular weight excluding hydrogens is 288 g/mol. The van der Waals surface area contributed by atoms with E-state index in [1.165, 1.54) is 24.5 Å². The summed E-state index contributed by atoms with van der Waals surface area (Å²) < 4.78 is 4.75. The van der Waals surface area contributed by atoms with E-state index in [2.05, 4.69) is 9.97 Å². The number of hydrogen-bond donors (Lipinski definition) is 3. The summed E-state index contributed by atoms with van der Waals surface area (Å²) in [6.45, 7) is 2.12. The monoisotopic (exact) mass is 304 g/mol. The zero-order valence-corrected chi connectivity index (χ0v) is 11.9. The quantitative estimate of drug-likeness (QED) is 0.718. The minimum atomic E-state index is -0.993. The van der Waals surface area contributed by atoms with Gasteiger partial charge in [0.1, 0.15) is 11.6 Å². The highest BCUT2D eigenvalue weighted by molar-refractivity contribution is 5.89. The molecule has 0 fully saturated rings. The van der Waals surface area contributed by atoms with Crippen LogP contribution in [0.25, 0.3) is 0 Å². The highest BCUT2D eigenvalue weighted by Gasteiger charge is 2.04.